The summed E-state index contributed by atoms with van der Waals surface area (Å²) in [5.74, 6) is -0.292. The number of aromatic amines is 1. The molecule has 3 N–H and O–H groups in total. The molecule has 2 aromatic carbocycles. The second-order valence-electron chi connectivity index (χ2n) is 8.03. The van der Waals surface area contributed by atoms with E-state index in [0.29, 0.717) is 10.8 Å². The highest BCUT2D eigenvalue weighted by molar-refractivity contribution is 5.82. The topological polar surface area (TPSA) is 68.1 Å². The van der Waals surface area contributed by atoms with Crippen LogP contribution in [0.2, 0.25) is 0 Å². The van der Waals surface area contributed by atoms with Crippen LogP contribution in [0.3, 0.4) is 0 Å². The summed E-state index contributed by atoms with van der Waals surface area (Å²) < 4.78 is 20.6. The lowest BCUT2D eigenvalue weighted by molar-refractivity contribution is 0.100. The van der Waals surface area contributed by atoms with E-state index >= 15 is 0 Å². The fourth-order valence-electron chi connectivity index (χ4n) is 4.72. The van der Waals surface area contributed by atoms with Crippen molar-refractivity contribution in [1.29, 1.82) is 0 Å². The van der Waals surface area contributed by atoms with Gasteiger partial charge < -0.3 is 15.5 Å². The minimum absolute atomic E-state index is 0.0644. The van der Waals surface area contributed by atoms with Crippen LogP contribution in [0, 0.1) is 5.82 Å². The van der Waals surface area contributed by atoms with E-state index in [2.05, 4.69) is 36.2 Å². The summed E-state index contributed by atoms with van der Waals surface area (Å²) in [7, 11) is 0. The van der Waals surface area contributed by atoms with Crippen molar-refractivity contribution in [3.05, 3.63) is 76.5 Å². The van der Waals surface area contributed by atoms with Crippen molar-refractivity contribution in [2.75, 3.05) is 0 Å². The first-order chi connectivity index (χ1) is 14.0. The summed E-state index contributed by atoms with van der Waals surface area (Å²) >= 11 is 0. The molecule has 1 unspecified atom stereocenters. The summed E-state index contributed by atoms with van der Waals surface area (Å²) in [6.45, 7) is 2.13. The number of aromatic nitrogens is 1. The van der Waals surface area contributed by atoms with Gasteiger partial charge in [-0.15, -0.1) is 0 Å². The summed E-state index contributed by atoms with van der Waals surface area (Å²) in [5, 5.41) is 1.01. The average Bonchev–Trinajstić information content (AvgIpc) is 2.76. The van der Waals surface area contributed by atoms with Gasteiger partial charge in [-0.05, 0) is 61.3 Å². The van der Waals surface area contributed by atoms with Gasteiger partial charge in [0.15, 0.2) is 11.6 Å². The van der Waals surface area contributed by atoms with Crippen LogP contribution in [0.5, 0.6) is 5.75 Å². The first-order valence-electron chi connectivity index (χ1n) is 10.3. The third-order valence-corrected chi connectivity index (χ3v) is 6.44. The Morgan fingerprint density at radius 2 is 1.93 bits per heavy atom. The normalized spacial score (nSPS) is 23.1. The number of benzene rings is 2. The van der Waals surface area contributed by atoms with Crippen molar-refractivity contribution in [2.45, 2.75) is 56.6 Å². The zero-order valence-corrected chi connectivity index (χ0v) is 16.7. The second kappa shape index (κ2) is 7.99. The molecule has 0 amide bonds. The Morgan fingerprint density at radius 3 is 2.62 bits per heavy atom. The zero-order valence-electron chi connectivity index (χ0n) is 16.7. The number of nitrogens with two attached hydrogens (primary N) is 1. The molecule has 0 aliphatic heterocycles. The van der Waals surface area contributed by atoms with Crippen molar-refractivity contribution in [1.82, 2.24) is 4.98 Å². The molecule has 1 saturated carbocycles. The summed E-state index contributed by atoms with van der Waals surface area (Å²) in [4.78, 5) is 14.4. The molecule has 1 atom stereocenters. The third-order valence-electron chi connectivity index (χ3n) is 6.44. The van der Waals surface area contributed by atoms with Crippen LogP contribution in [-0.4, -0.2) is 17.1 Å². The van der Waals surface area contributed by atoms with E-state index in [1.165, 1.54) is 11.6 Å². The van der Waals surface area contributed by atoms with Crippen LogP contribution in [0.1, 0.15) is 44.6 Å². The number of hydrogen-bond donors (Lipinski definition) is 2. The van der Waals surface area contributed by atoms with Crippen molar-refractivity contribution >= 4 is 10.8 Å². The summed E-state index contributed by atoms with van der Waals surface area (Å²) in [6, 6.07) is 15.2. The molecule has 152 valence electrons. The van der Waals surface area contributed by atoms with E-state index in [-0.39, 0.29) is 28.9 Å². The Kier molecular flexibility index (Phi) is 5.41. The Labute approximate surface area is 169 Å². The molecular weight excluding hydrogens is 367 g/mol. The Morgan fingerprint density at radius 1 is 1.21 bits per heavy atom. The highest BCUT2D eigenvalue weighted by atomic mass is 19.1. The number of nitrogens with one attached hydrogen (secondary N) is 1. The van der Waals surface area contributed by atoms with Gasteiger partial charge in [-0.25, -0.2) is 4.39 Å². The fraction of sp³-hybridized carbons (Fsp3) is 0.375. The van der Waals surface area contributed by atoms with Gasteiger partial charge in [0.05, 0.1) is 11.5 Å². The maximum absolute atomic E-state index is 14.6. The molecule has 0 saturated heterocycles. The molecular formula is C24H27FN2O2. The number of pyridine rings is 1. The molecule has 0 spiro atoms. The van der Waals surface area contributed by atoms with E-state index in [9.17, 15) is 9.18 Å². The van der Waals surface area contributed by atoms with Crippen molar-refractivity contribution in [3.8, 4) is 5.75 Å². The van der Waals surface area contributed by atoms with E-state index < -0.39 is 5.82 Å². The van der Waals surface area contributed by atoms with E-state index in [1.54, 1.807) is 18.3 Å². The van der Waals surface area contributed by atoms with Gasteiger partial charge in [0, 0.05) is 17.7 Å². The molecule has 3 aromatic rings. The summed E-state index contributed by atoms with van der Waals surface area (Å²) in [5.41, 5.74) is 7.50. The van der Waals surface area contributed by atoms with Gasteiger partial charge in [0.2, 0.25) is 0 Å². The van der Waals surface area contributed by atoms with Crippen LogP contribution in [0.4, 0.5) is 4.39 Å². The Balaban J connectivity index is 1.54. The molecule has 4 nitrogen and oxygen atoms in total. The largest absolute Gasteiger partial charge is 0.487 e. The van der Waals surface area contributed by atoms with Gasteiger partial charge in [-0.1, -0.05) is 37.3 Å². The quantitative estimate of drug-likeness (QED) is 0.661. The molecule has 1 heterocycles. The van der Waals surface area contributed by atoms with Gasteiger partial charge in [-0.2, -0.15) is 0 Å². The van der Waals surface area contributed by atoms with Crippen LogP contribution < -0.4 is 16.0 Å². The lowest BCUT2D eigenvalue weighted by atomic mass is 9.64. The monoisotopic (exact) mass is 394 g/mol. The maximum atomic E-state index is 14.6. The van der Waals surface area contributed by atoms with Crippen molar-refractivity contribution in [2.24, 2.45) is 5.73 Å². The standard InChI is InChI=1S/C24H27FN2O2/c1-2-22(26)24(17-6-4-3-5-7-17)11-8-18(9-12-24)29-21-14-16-10-13-27-23(28)19(16)15-20(21)25/h3-7,10,13-15,18,22H,2,8-9,11-12,26H2,1H3,(H,27,28)/t18-,22?,24+. The maximum Gasteiger partial charge on any atom is 0.255 e. The third kappa shape index (κ3) is 3.67. The molecule has 1 aliphatic carbocycles. The molecule has 5 heteroatoms. The van der Waals surface area contributed by atoms with Gasteiger partial charge in [0.25, 0.3) is 5.56 Å². The molecule has 29 heavy (non-hydrogen) atoms. The van der Waals surface area contributed by atoms with Crippen molar-refractivity contribution < 1.29 is 9.13 Å². The molecule has 4 rings (SSSR count). The van der Waals surface area contributed by atoms with E-state index in [1.807, 2.05) is 6.07 Å². The minimum atomic E-state index is -0.501. The van der Waals surface area contributed by atoms with Crippen molar-refractivity contribution in [3.63, 3.8) is 0 Å². The van der Waals surface area contributed by atoms with Crippen LogP contribution in [-0.2, 0) is 5.41 Å². The average molecular weight is 394 g/mol. The number of hydrogen-bond acceptors (Lipinski definition) is 3. The number of H-pyrrole nitrogens is 1. The van der Waals surface area contributed by atoms with E-state index in [0.717, 1.165) is 32.1 Å². The molecule has 1 aliphatic rings. The first-order valence-corrected chi connectivity index (χ1v) is 10.3. The SMILES string of the molecule is CCC(N)[C@]1(c2ccccc2)CC[C@H](Oc2cc3cc[nH]c(=O)c3cc2F)CC1. The van der Waals surface area contributed by atoms with Gasteiger partial charge >= 0.3 is 0 Å². The first kappa shape index (κ1) is 19.6. The predicted molar refractivity (Wildman–Crippen MR) is 114 cm³/mol. The van der Waals surface area contributed by atoms with Crippen LogP contribution in [0.25, 0.3) is 10.8 Å². The molecule has 0 bridgehead atoms. The fourth-order valence-corrected chi connectivity index (χ4v) is 4.72. The lowest BCUT2D eigenvalue weighted by Crippen LogP contribution is -2.48. The highest BCUT2D eigenvalue weighted by Gasteiger charge is 2.41. The molecule has 1 aromatic heterocycles. The van der Waals surface area contributed by atoms with Crippen LogP contribution in [0.15, 0.2) is 59.5 Å². The van der Waals surface area contributed by atoms with Crippen LogP contribution >= 0.6 is 0 Å². The lowest BCUT2D eigenvalue weighted by Gasteiger charge is -2.44. The Hall–Kier alpha value is -2.66. The number of ether oxygens (including phenoxy) is 1. The number of rotatable bonds is 5. The predicted octanol–water partition coefficient (Wildman–Crippen LogP) is 4.66. The highest BCUT2D eigenvalue weighted by Crippen LogP contribution is 2.43. The Bertz CT molecular complexity index is 1040. The van der Waals surface area contributed by atoms with E-state index in [4.69, 9.17) is 10.5 Å². The smallest absolute Gasteiger partial charge is 0.255 e. The number of fused-ring (bicyclic) bond motifs is 1. The molecule has 0 radical (unpaired) electrons. The second-order valence-corrected chi connectivity index (χ2v) is 8.03. The minimum Gasteiger partial charge on any atom is -0.487 e. The van der Waals surface area contributed by atoms with Gasteiger partial charge in [-0.3, -0.25) is 4.79 Å². The van der Waals surface area contributed by atoms with Gasteiger partial charge in [0.1, 0.15) is 0 Å². The number of halogens is 1. The molecule has 1 fully saturated rings. The zero-order chi connectivity index (χ0) is 20.4. The summed E-state index contributed by atoms with van der Waals surface area (Å²) in [6.07, 6.45) is 5.86.